The van der Waals surface area contributed by atoms with Gasteiger partial charge in [0, 0.05) is 12.1 Å². The fourth-order valence-electron chi connectivity index (χ4n) is 2.31. The molecule has 6 nitrogen and oxygen atoms in total. The van der Waals surface area contributed by atoms with Crippen LogP contribution in [0.4, 0.5) is 0 Å². The average molecular weight is 233 g/mol. The van der Waals surface area contributed by atoms with Gasteiger partial charge in [-0.1, -0.05) is 29.6 Å². The molecule has 0 unspecified atom stereocenters. The third-order valence-corrected chi connectivity index (χ3v) is 3.21. The molecule has 1 aliphatic rings. The lowest BCUT2D eigenvalue weighted by atomic mass is 9.89. The van der Waals surface area contributed by atoms with Crippen LogP contribution in [0.5, 0.6) is 0 Å². The minimum atomic E-state index is 0.459. The Bertz CT molecular complexity index is 458. The molecule has 2 aromatic heterocycles. The van der Waals surface area contributed by atoms with Gasteiger partial charge < -0.3 is 4.52 Å². The van der Waals surface area contributed by atoms with Crippen LogP contribution in [0.15, 0.2) is 16.9 Å². The second-order valence-corrected chi connectivity index (χ2v) is 4.48. The highest BCUT2D eigenvalue weighted by Crippen LogP contribution is 2.31. The number of hydrogen-bond acceptors (Lipinski definition) is 5. The molecule has 0 N–H and O–H groups in total. The lowest BCUT2D eigenvalue weighted by Crippen LogP contribution is -2.06. The van der Waals surface area contributed by atoms with Gasteiger partial charge in [0.15, 0.2) is 5.82 Å². The van der Waals surface area contributed by atoms with E-state index in [-0.39, 0.29) is 0 Å². The van der Waals surface area contributed by atoms with Crippen molar-refractivity contribution in [2.75, 3.05) is 0 Å². The third kappa shape index (κ3) is 2.35. The molecule has 2 heterocycles. The van der Waals surface area contributed by atoms with Gasteiger partial charge in [-0.05, 0) is 12.8 Å². The predicted molar refractivity (Wildman–Crippen MR) is 59.2 cm³/mol. The standard InChI is InChI=1S/C11H15N5O/c1-2-4-9(5-3-1)11-13-10(14-17-11)8-16-7-6-12-15-16/h6-7,9H,1-5,8H2. The first-order valence-electron chi connectivity index (χ1n) is 6.08. The SMILES string of the molecule is c1cn(Cc2noc(C3CCCCC3)n2)nn1. The van der Waals surface area contributed by atoms with Crippen LogP contribution in [-0.2, 0) is 6.54 Å². The van der Waals surface area contributed by atoms with E-state index in [0.29, 0.717) is 18.3 Å². The maximum absolute atomic E-state index is 5.33. The summed E-state index contributed by atoms with van der Waals surface area (Å²) in [6, 6.07) is 0. The molecular weight excluding hydrogens is 218 g/mol. The molecule has 0 atom stereocenters. The van der Waals surface area contributed by atoms with E-state index in [1.807, 2.05) is 0 Å². The van der Waals surface area contributed by atoms with Crippen LogP contribution in [-0.4, -0.2) is 25.1 Å². The fourth-order valence-corrected chi connectivity index (χ4v) is 2.31. The number of aromatic nitrogens is 5. The molecule has 0 amide bonds. The maximum Gasteiger partial charge on any atom is 0.229 e. The van der Waals surface area contributed by atoms with Crippen LogP contribution in [0.3, 0.4) is 0 Å². The summed E-state index contributed by atoms with van der Waals surface area (Å²) < 4.78 is 7.02. The van der Waals surface area contributed by atoms with Gasteiger partial charge in [-0.2, -0.15) is 4.98 Å². The zero-order chi connectivity index (χ0) is 11.5. The van der Waals surface area contributed by atoms with Crippen LogP contribution in [0.25, 0.3) is 0 Å². The monoisotopic (exact) mass is 233 g/mol. The van der Waals surface area contributed by atoms with E-state index in [2.05, 4.69) is 20.5 Å². The predicted octanol–water partition coefficient (Wildman–Crippen LogP) is 1.76. The Morgan fingerprint density at radius 2 is 2.18 bits per heavy atom. The molecular formula is C11H15N5O. The molecule has 0 radical (unpaired) electrons. The first-order valence-corrected chi connectivity index (χ1v) is 6.08. The van der Waals surface area contributed by atoms with Gasteiger partial charge in [0.05, 0.1) is 6.20 Å². The Hall–Kier alpha value is -1.72. The maximum atomic E-state index is 5.33. The Labute approximate surface area is 99.0 Å². The summed E-state index contributed by atoms with van der Waals surface area (Å²) in [5, 5.41) is 11.6. The number of nitrogens with zero attached hydrogens (tertiary/aromatic N) is 5. The van der Waals surface area contributed by atoms with E-state index in [9.17, 15) is 0 Å². The summed E-state index contributed by atoms with van der Waals surface area (Å²) in [6.45, 7) is 0.524. The van der Waals surface area contributed by atoms with Crippen molar-refractivity contribution in [2.24, 2.45) is 0 Å². The van der Waals surface area contributed by atoms with Gasteiger partial charge in [0.25, 0.3) is 0 Å². The normalized spacial score (nSPS) is 17.4. The Balaban J connectivity index is 1.69. The highest BCUT2D eigenvalue weighted by molar-refractivity contribution is 4.95. The van der Waals surface area contributed by atoms with Gasteiger partial charge in [-0.3, -0.25) is 0 Å². The van der Waals surface area contributed by atoms with Crippen LogP contribution in [0.1, 0.15) is 49.7 Å². The van der Waals surface area contributed by atoms with Crippen LogP contribution < -0.4 is 0 Å². The minimum Gasteiger partial charge on any atom is -0.339 e. The van der Waals surface area contributed by atoms with E-state index in [0.717, 1.165) is 5.89 Å². The molecule has 3 rings (SSSR count). The van der Waals surface area contributed by atoms with Crippen molar-refractivity contribution in [2.45, 2.75) is 44.6 Å². The molecule has 1 saturated carbocycles. The molecule has 6 heteroatoms. The Morgan fingerprint density at radius 1 is 1.29 bits per heavy atom. The van der Waals surface area contributed by atoms with E-state index in [1.165, 1.54) is 32.1 Å². The molecule has 0 bridgehead atoms. The molecule has 2 aromatic rings. The van der Waals surface area contributed by atoms with Crippen LogP contribution in [0.2, 0.25) is 0 Å². The third-order valence-electron chi connectivity index (χ3n) is 3.21. The van der Waals surface area contributed by atoms with Crippen LogP contribution in [0, 0.1) is 0 Å². The zero-order valence-electron chi connectivity index (χ0n) is 9.62. The molecule has 1 fully saturated rings. The summed E-state index contributed by atoms with van der Waals surface area (Å²) >= 11 is 0. The molecule has 17 heavy (non-hydrogen) atoms. The van der Waals surface area contributed by atoms with Crippen molar-refractivity contribution in [1.82, 2.24) is 25.1 Å². The second kappa shape index (κ2) is 4.65. The van der Waals surface area contributed by atoms with Crippen LogP contribution >= 0.6 is 0 Å². The quantitative estimate of drug-likeness (QED) is 0.807. The minimum absolute atomic E-state index is 0.459. The van der Waals surface area contributed by atoms with Gasteiger partial charge in [0.1, 0.15) is 6.54 Å². The highest BCUT2D eigenvalue weighted by Gasteiger charge is 2.21. The van der Waals surface area contributed by atoms with Crippen molar-refractivity contribution in [3.8, 4) is 0 Å². The van der Waals surface area contributed by atoms with Gasteiger partial charge >= 0.3 is 0 Å². The molecule has 1 aliphatic carbocycles. The first kappa shape index (κ1) is 10.4. The molecule has 90 valence electrons. The topological polar surface area (TPSA) is 69.6 Å². The van der Waals surface area contributed by atoms with E-state index < -0.39 is 0 Å². The molecule has 0 spiro atoms. The molecule has 0 aromatic carbocycles. The van der Waals surface area contributed by atoms with Crippen molar-refractivity contribution >= 4 is 0 Å². The van der Waals surface area contributed by atoms with Crippen molar-refractivity contribution < 1.29 is 4.52 Å². The van der Waals surface area contributed by atoms with Gasteiger partial charge in [-0.15, -0.1) is 5.10 Å². The fraction of sp³-hybridized carbons (Fsp3) is 0.636. The smallest absolute Gasteiger partial charge is 0.229 e. The summed E-state index contributed by atoms with van der Waals surface area (Å²) in [7, 11) is 0. The zero-order valence-corrected chi connectivity index (χ0v) is 9.62. The number of rotatable bonds is 3. The van der Waals surface area contributed by atoms with Crippen molar-refractivity contribution in [3.05, 3.63) is 24.1 Å². The van der Waals surface area contributed by atoms with Crippen molar-refractivity contribution in [3.63, 3.8) is 0 Å². The van der Waals surface area contributed by atoms with Gasteiger partial charge in [0.2, 0.25) is 5.89 Å². The Kier molecular flexibility index (Phi) is 2.85. The van der Waals surface area contributed by atoms with E-state index in [1.54, 1.807) is 17.1 Å². The largest absolute Gasteiger partial charge is 0.339 e. The van der Waals surface area contributed by atoms with Gasteiger partial charge in [-0.25, -0.2) is 4.68 Å². The van der Waals surface area contributed by atoms with Crippen molar-refractivity contribution in [1.29, 1.82) is 0 Å². The second-order valence-electron chi connectivity index (χ2n) is 4.48. The summed E-state index contributed by atoms with van der Waals surface area (Å²) in [6.07, 6.45) is 9.64. The average Bonchev–Trinajstić information content (AvgIpc) is 3.02. The molecule has 0 aliphatic heterocycles. The molecule has 0 saturated heterocycles. The Morgan fingerprint density at radius 3 is 2.94 bits per heavy atom. The first-order chi connectivity index (χ1) is 8.42. The number of hydrogen-bond donors (Lipinski definition) is 0. The summed E-state index contributed by atoms with van der Waals surface area (Å²) in [5.74, 6) is 1.93. The van der Waals surface area contributed by atoms with E-state index in [4.69, 9.17) is 4.52 Å². The van der Waals surface area contributed by atoms with E-state index >= 15 is 0 Å². The summed E-state index contributed by atoms with van der Waals surface area (Å²) in [4.78, 5) is 4.44. The summed E-state index contributed by atoms with van der Waals surface area (Å²) in [5.41, 5.74) is 0. The lowest BCUT2D eigenvalue weighted by molar-refractivity contribution is 0.311. The highest BCUT2D eigenvalue weighted by atomic mass is 16.5. The lowest BCUT2D eigenvalue weighted by Gasteiger charge is -2.17.